The second-order valence-electron chi connectivity index (χ2n) is 3.53. The predicted molar refractivity (Wildman–Crippen MR) is 52.5 cm³/mol. The summed E-state index contributed by atoms with van der Waals surface area (Å²) in [5.41, 5.74) is 0. The maximum Gasteiger partial charge on any atom is 0.171 e. The average Bonchev–Trinajstić information content (AvgIpc) is 2.66. The number of ketones is 1. The highest BCUT2D eigenvalue weighted by molar-refractivity contribution is 5.84. The molecule has 2 rings (SSSR count). The molecule has 15 heavy (non-hydrogen) atoms. The van der Waals surface area contributed by atoms with Crippen LogP contribution in [0.5, 0.6) is 0 Å². The van der Waals surface area contributed by atoms with Crippen molar-refractivity contribution in [3.05, 3.63) is 18.2 Å². The van der Waals surface area contributed by atoms with Gasteiger partial charge in [0.05, 0.1) is 26.2 Å². The molecule has 1 aromatic rings. The molecule has 0 amide bonds. The molecule has 0 radical (unpaired) electrons. The van der Waals surface area contributed by atoms with Gasteiger partial charge in [0.25, 0.3) is 0 Å². The molecule has 1 atom stereocenters. The van der Waals surface area contributed by atoms with Crippen LogP contribution < -0.4 is 0 Å². The van der Waals surface area contributed by atoms with Crippen LogP contribution in [0, 0.1) is 0 Å². The van der Waals surface area contributed by atoms with Crippen molar-refractivity contribution in [3.8, 4) is 0 Å². The molecule has 0 bridgehead atoms. The Balaban J connectivity index is 1.94. The van der Waals surface area contributed by atoms with Crippen molar-refractivity contribution >= 4 is 5.78 Å². The van der Waals surface area contributed by atoms with E-state index < -0.39 is 6.10 Å². The first-order chi connectivity index (χ1) is 7.27. The summed E-state index contributed by atoms with van der Waals surface area (Å²) in [5.74, 6) is 0.790. The van der Waals surface area contributed by atoms with Gasteiger partial charge in [0.1, 0.15) is 11.9 Å². The van der Waals surface area contributed by atoms with Crippen LogP contribution in [0.4, 0.5) is 0 Å². The highest BCUT2D eigenvalue weighted by Gasteiger charge is 2.23. The third-order valence-electron chi connectivity index (χ3n) is 2.43. The zero-order chi connectivity index (χ0) is 10.7. The number of imidazole rings is 1. The van der Waals surface area contributed by atoms with Crippen molar-refractivity contribution in [2.24, 2.45) is 7.05 Å². The topological polar surface area (TPSA) is 53.4 Å². The molecule has 5 nitrogen and oxygen atoms in total. The van der Waals surface area contributed by atoms with E-state index >= 15 is 0 Å². The molecule has 1 aromatic heterocycles. The summed E-state index contributed by atoms with van der Waals surface area (Å²) in [5, 5.41) is 0. The minimum Gasteiger partial charge on any atom is -0.376 e. The number of rotatable bonds is 3. The maximum atomic E-state index is 11.8. The van der Waals surface area contributed by atoms with Gasteiger partial charge >= 0.3 is 0 Å². The lowest BCUT2D eigenvalue weighted by atomic mass is 10.1. The van der Waals surface area contributed by atoms with Gasteiger partial charge < -0.3 is 14.0 Å². The summed E-state index contributed by atoms with van der Waals surface area (Å²) >= 11 is 0. The number of carbonyl (C=O) groups is 1. The number of Topliss-reactive ketones (excluding diaryl/α,β-unsaturated/α-hetero) is 1. The Kier molecular flexibility index (Phi) is 3.13. The summed E-state index contributed by atoms with van der Waals surface area (Å²) in [4.78, 5) is 15.9. The van der Waals surface area contributed by atoms with Gasteiger partial charge in [-0.1, -0.05) is 0 Å². The van der Waals surface area contributed by atoms with Crippen LogP contribution in [-0.2, 0) is 27.7 Å². The molecular weight excluding hydrogens is 196 g/mol. The Morgan fingerprint density at radius 1 is 1.67 bits per heavy atom. The van der Waals surface area contributed by atoms with Crippen molar-refractivity contribution in [1.29, 1.82) is 0 Å². The number of hydrogen-bond acceptors (Lipinski definition) is 4. The maximum absolute atomic E-state index is 11.8. The van der Waals surface area contributed by atoms with Crippen molar-refractivity contribution < 1.29 is 14.3 Å². The van der Waals surface area contributed by atoms with Crippen LogP contribution in [0.15, 0.2) is 12.4 Å². The minimum atomic E-state index is -0.421. The van der Waals surface area contributed by atoms with Gasteiger partial charge in [0.2, 0.25) is 0 Å². The first-order valence-corrected chi connectivity index (χ1v) is 4.95. The third-order valence-corrected chi connectivity index (χ3v) is 2.43. The summed E-state index contributed by atoms with van der Waals surface area (Å²) < 4.78 is 12.3. The zero-order valence-electron chi connectivity index (χ0n) is 8.68. The fourth-order valence-corrected chi connectivity index (χ4v) is 1.51. The number of nitrogens with zero attached hydrogens (tertiary/aromatic N) is 2. The molecule has 1 aliphatic heterocycles. The molecule has 0 aliphatic carbocycles. The molecule has 82 valence electrons. The largest absolute Gasteiger partial charge is 0.376 e. The van der Waals surface area contributed by atoms with E-state index in [4.69, 9.17) is 9.47 Å². The van der Waals surface area contributed by atoms with Gasteiger partial charge in [-0.3, -0.25) is 4.79 Å². The number of ether oxygens (including phenoxy) is 2. The molecule has 0 spiro atoms. The van der Waals surface area contributed by atoms with Crippen LogP contribution in [0.25, 0.3) is 0 Å². The van der Waals surface area contributed by atoms with Gasteiger partial charge in [0, 0.05) is 19.4 Å². The smallest absolute Gasteiger partial charge is 0.171 e. The normalized spacial score (nSPS) is 21.5. The van der Waals surface area contributed by atoms with Gasteiger partial charge in [0.15, 0.2) is 5.78 Å². The van der Waals surface area contributed by atoms with Gasteiger partial charge in [-0.05, 0) is 0 Å². The van der Waals surface area contributed by atoms with Crippen molar-refractivity contribution in [2.45, 2.75) is 12.5 Å². The van der Waals surface area contributed by atoms with Crippen molar-refractivity contribution in [2.75, 3.05) is 19.8 Å². The summed E-state index contributed by atoms with van der Waals surface area (Å²) in [6.45, 7) is 1.44. The third kappa shape index (κ3) is 2.43. The zero-order valence-corrected chi connectivity index (χ0v) is 8.68. The first kappa shape index (κ1) is 10.3. The molecule has 1 fully saturated rings. The first-order valence-electron chi connectivity index (χ1n) is 4.95. The Hall–Kier alpha value is -1.20. The van der Waals surface area contributed by atoms with Crippen LogP contribution in [0.1, 0.15) is 5.82 Å². The highest BCUT2D eigenvalue weighted by atomic mass is 16.6. The average molecular weight is 210 g/mol. The second kappa shape index (κ2) is 4.55. The highest BCUT2D eigenvalue weighted by Crippen LogP contribution is 2.06. The molecule has 0 aromatic carbocycles. The minimum absolute atomic E-state index is 0.0315. The van der Waals surface area contributed by atoms with Crippen LogP contribution in [0.3, 0.4) is 0 Å². The number of hydrogen-bond donors (Lipinski definition) is 0. The lowest BCUT2D eigenvalue weighted by Crippen LogP contribution is -2.36. The summed E-state index contributed by atoms with van der Waals surface area (Å²) in [6.07, 6.45) is 3.38. The Bertz CT molecular complexity index is 342. The van der Waals surface area contributed by atoms with Crippen molar-refractivity contribution in [1.82, 2.24) is 9.55 Å². The van der Waals surface area contributed by atoms with Gasteiger partial charge in [-0.25, -0.2) is 4.98 Å². The van der Waals surface area contributed by atoms with E-state index in [2.05, 4.69) is 4.98 Å². The Labute approximate surface area is 88.0 Å². The Morgan fingerprint density at radius 2 is 2.53 bits per heavy atom. The number of aryl methyl sites for hydroxylation is 1. The quantitative estimate of drug-likeness (QED) is 0.701. The van der Waals surface area contributed by atoms with Gasteiger partial charge in [-0.15, -0.1) is 0 Å². The molecule has 0 N–H and O–H groups in total. The molecule has 2 heterocycles. The van der Waals surface area contributed by atoms with Crippen molar-refractivity contribution in [3.63, 3.8) is 0 Å². The molecule has 1 aliphatic rings. The van der Waals surface area contributed by atoms with Crippen LogP contribution >= 0.6 is 0 Å². The van der Waals surface area contributed by atoms with E-state index in [0.29, 0.717) is 26.2 Å². The standard InChI is InChI=1S/C10H14N2O3/c1-12-3-2-11-10(12)6-8(13)9-7-14-4-5-15-9/h2-3,9H,4-7H2,1H3. The van der Waals surface area contributed by atoms with Gasteiger partial charge in [-0.2, -0.15) is 0 Å². The van der Waals surface area contributed by atoms with E-state index in [1.807, 2.05) is 17.8 Å². The van der Waals surface area contributed by atoms with Crippen LogP contribution in [-0.4, -0.2) is 41.3 Å². The number of carbonyl (C=O) groups excluding carboxylic acids is 1. The molecule has 1 unspecified atom stereocenters. The van der Waals surface area contributed by atoms with E-state index in [1.54, 1.807) is 6.20 Å². The molecule has 1 saturated heterocycles. The lowest BCUT2D eigenvalue weighted by Gasteiger charge is -2.21. The van der Waals surface area contributed by atoms with E-state index in [-0.39, 0.29) is 5.78 Å². The Morgan fingerprint density at radius 3 is 3.13 bits per heavy atom. The van der Waals surface area contributed by atoms with Crippen LogP contribution in [0.2, 0.25) is 0 Å². The SMILES string of the molecule is Cn1ccnc1CC(=O)C1COCCO1. The fourth-order valence-electron chi connectivity index (χ4n) is 1.51. The van der Waals surface area contributed by atoms with E-state index in [1.165, 1.54) is 0 Å². The second-order valence-corrected chi connectivity index (χ2v) is 3.53. The summed E-state index contributed by atoms with van der Waals surface area (Å²) in [6, 6.07) is 0. The fraction of sp³-hybridized carbons (Fsp3) is 0.600. The molecule has 5 heteroatoms. The summed E-state index contributed by atoms with van der Waals surface area (Å²) in [7, 11) is 1.87. The lowest BCUT2D eigenvalue weighted by molar-refractivity contribution is -0.144. The predicted octanol–water partition coefficient (Wildman–Crippen LogP) is -0.0529. The molecule has 0 saturated carbocycles. The van der Waals surface area contributed by atoms with E-state index in [0.717, 1.165) is 5.82 Å². The monoisotopic (exact) mass is 210 g/mol. The van der Waals surface area contributed by atoms with E-state index in [9.17, 15) is 4.79 Å². The molecular formula is C10H14N2O3. The number of aromatic nitrogens is 2.